The van der Waals surface area contributed by atoms with Gasteiger partial charge in [-0.05, 0) is 20.2 Å². The Hall–Kier alpha value is -1.62. The zero-order valence-corrected chi connectivity index (χ0v) is 11.7. The van der Waals surface area contributed by atoms with E-state index in [2.05, 4.69) is 4.98 Å². The summed E-state index contributed by atoms with van der Waals surface area (Å²) in [6, 6.07) is 3.48. The topological polar surface area (TPSA) is 45.7 Å². The lowest BCUT2D eigenvalue weighted by Gasteiger charge is -2.14. The minimum Gasteiger partial charge on any atom is -0.481 e. The number of methoxy groups -OCH3 is 1. The highest BCUT2D eigenvalue weighted by Gasteiger charge is 2.11. The molecule has 0 spiro atoms. The van der Waals surface area contributed by atoms with Gasteiger partial charge in [-0.1, -0.05) is 0 Å². The fraction of sp³-hybridized carbons (Fsp3) is 0.538. The van der Waals surface area contributed by atoms with Gasteiger partial charge in [0.05, 0.1) is 7.11 Å². The first-order valence-electron chi connectivity index (χ1n) is 5.85. The number of carbonyl (C=O) groups excluding carboxylic acids is 1. The average molecular weight is 251 g/mol. The number of nitrogens with zero attached hydrogens (tertiary/aromatic N) is 3. The Morgan fingerprint density at radius 2 is 1.94 bits per heavy atom. The Bertz CT molecular complexity index is 417. The van der Waals surface area contributed by atoms with Gasteiger partial charge in [0.15, 0.2) is 5.78 Å². The molecule has 0 unspecified atom stereocenters. The number of anilines is 1. The molecule has 1 rings (SSSR count). The lowest BCUT2D eigenvalue weighted by molar-refractivity contribution is 0.0972. The van der Waals surface area contributed by atoms with E-state index in [-0.39, 0.29) is 5.78 Å². The molecule has 0 aliphatic rings. The second-order valence-electron chi connectivity index (χ2n) is 4.63. The molecule has 0 atom stereocenters. The van der Waals surface area contributed by atoms with Gasteiger partial charge < -0.3 is 14.5 Å². The SMILES string of the molecule is COc1cc(C(=O)CCN(C)C)cc(N(C)C)n1. The van der Waals surface area contributed by atoms with Crippen LogP contribution in [-0.2, 0) is 0 Å². The molecule has 5 heteroatoms. The van der Waals surface area contributed by atoms with Crippen LogP contribution in [0, 0.1) is 0 Å². The van der Waals surface area contributed by atoms with Crippen LogP contribution in [-0.4, -0.2) is 57.5 Å². The maximum atomic E-state index is 12.1. The summed E-state index contributed by atoms with van der Waals surface area (Å²) in [6.45, 7) is 0.737. The second kappa shape index (κ2) is 6.35. The molecule has 1 aromatic rings. The van der Waals surface area contributed by atoms with E-state index in [1.807, 2.05) is 38.0 Å². The van der Waals surface area contributed by atoms with Crippen molar-refractivity contribution < 1.29 is 9.53 Å². The van der Waals surface area contributed by atoms with Crippen LogP contribution in [0.5, 0.6) is 5.88 Å². The summed E-state index contributed by atoms with van der Waals surface area (Å²) in [5, 5.41) is 0. The van der Waals surface area contributed by atoms with Crippen LogP contribution >= 0.6 is 0 Å². The van der Waals surface area contributed by atoms with Gasteiger partial charge in [0.2, 0.25) is 5.88 Å². The van der Waals surface area contributed by atoms with E-state index in [9.17, 15) is 4.79 Å². The summed E-state index contributed by atoms with van der Waals surface area (Å²) in [6.07, 6.45) is 0.493. The molecule has 18 heavy (non-hydrogen) atoms. The van der Waals surface area contributed by atoms with Gasteiger partial charge in [-0.3, -0.25) is 4.79 Å². The summed E-state index contributed by atoms with van der Waals surface area (Å²) in [5.41, 5.74) is 0.646. The maximum Gasteiger partial charge on any atom is 0.215 e. The molecule has 5 nitrogen and oxygen atoms in total. The summed E-state index contributed by atoms with van der Waals surface area (Å²) < 4.78 is 5.12. The molecular formula is C13H21N3O2. The lowest BCUT2D eigenvalue weighted by atomic mass is 10.1. The monoisotopic (exact) mass is 251 g/mol. The first-order chi connectivity index (χ1) is 8.43. The molecule has 0 radical (unpaired) electrons. The standard InChI is InChI=1S/C13H21N3O2/c1-15(2)7-6-11(17)10-8-12(16(3)4)14-13(9-10)18-5/h8-9H,6-7H2,1-5H3. The van der Waals surface area contributed by atoms with Crippen molar-refractivity contribution in [3.63, 3.8) is 0 Å². The molecule has 0 saturated heterocycles. The Kier molecular flexibility index (Phi) is 5.09. The molecule has 0 aliphatic carbocycles. The molecule has 1 heterocycles. The van der Waals surface area contributed by atoms with Crippen molar-refractivity contribution in [2.45, 2.75) is 6.42 Å². The number of Topliss-reactive ketones (excluding diaryl/α,β-unsaturated/α-hetero) is 1. The van der Waals surface area contributed by atoms with Crippen LogP contribution in [0.4, 0.5) is 5.82 Å². The minimum atomic E-state index is 0.104. The smallest absolute Gasteiger partial charge is 0.215 e. The predicted molar refractivity (Wildman–Crippen MR) is 72.6 cm³/mol. The van der Waals surface area contributed by atoms with Gasteiger partial charge in [-0.25, -0.2) is 0 Å². The Morgan fingerprint density at radius 3 is 2.44 bits per heavy atom. The molecule has 100 valence electrons. The molecular weight excluding hydrogens is 230 g/mol. The van der Waals surface area contributed by atoms with Crippen LogP contribution < -0.4 is 9.64 Å². The average Bonchev–Trinajstić information content (AvgIpc) is 2.35. The molecule has 0 aromatic carbocycles. The molecule has 0 amide bonds. The van der Waals surface area contributed by atoms with Gasteiger partial charge >= 0.3 is 0 Å². The largest absolute Gasteiger partial charge is 0.481 e. The van der Waals surface area contributed by atoms with E-state index in [0.717, 1.165) is 12.4 Å². The van der Waals surface area contributed by atoms with Crippen LogP contribution in [0.25, 0.3) is 0 Å². The third-order valence-corrected chi connectivity index (χ3v) is 2.56. The summed E-state index contributed by atoms with van der Waals surface area (Å²) in [5.74, 6) is 1.30. The number of rotatable bonds is 6. The normalized spacial score (nSPS) is 10.6. The quantitative estimate of drug-likeness (QED) is 0.713. The van der Waals surface area contributed by atoms with Crippen molar-refractivity contribution in [2.75, 3.05) is 46.7 Å². The molecule has 0 N–H and O–H groups in total. The first kappa shape index (κ1) is 14.4. The predicted octanol–water partition coefficient (Wildman–Crippen LogP) is 1.29. The van der Waals surface area contributed by atoms with Crippen molar-refractivity contribution in [1.82, 2.24) is 9.88 Å². The fourth-order valence-corrected chi connectivity index (χ4v) is 1.46. The third kappa shape index (κ3) is 4.00. The summed E-state index contributed by atoms with van der Waals surface area (Å²) >= 11 is 0. The Morgan fingerprint density at radius 1 is 1.28 bits per heavy atom. The number of aromatic nitrogens is 1. The van der Waals surface area contributed by atoms with Crippen LogP contribution in [0.3, 0.4) is 0 Å². The highest BCUT2D eigenvalue weighted by Crippen LogP contribution is 2.19. The van der Waals surface area contributed by atoms with E-state index in [0.29, 0.717) is 17.9 Å². The number of ether oxygens (including phenoxy) is 1. The van der Waals surface area contributed by atoms with Crippen molar-refractivity contribution in [3.8, 4) is 5.88 Å². The van der Waals surface area contributed by atoms with Crippen molar-refractivity contribution in [2.24, 2.45) is 0 Å². The van der Waals surface area contributed by atoms with Crippen molar-refractivity contribution in [1.29, 1.82) is 0 Å². The van der Waals surface area contributed by atoms with E-state index in [1.165, 1.54) is 0 Å². The van der Waals surface area contributed by atoms with E-state index in [1.54, 1.807) is 19.2 Å². The van der Waals surface area contributed by atoms with Gasteiger partial charge in [0, 0.05) is 38.7 Å². The molecule has 0 saturated carbocycles. The number of hydrogen-bond acceptors (Lipinski definition) is 5. The number of hydrogen-bond donors (Lipinski definition) is 0. The van der Waals surface area contributed by atoms with Crippen molar-refractivity contribution in [3.05, 3.63) is 17.7 Å². The van der Waals surface area contributed by atoms with Gasteiger partial charge in [0.25, 0.3) is 0 Å². The zero-order chi connectivity index (χ0) is 13.7. The van der Waals surface area contributed by atoms with Gasteiger partial charge in [0.1, 0.15) is 5.82 Å². The molecule has 0 aliphatic heterocycles. The lowest BCUT2D eigenvalue weighted by Crippen LogP contribution is -2.17. The van der Waals surface area contributed by atoms with Crippen LogP contribution in [0.1, 0.15) is 16.8 Å². The second-order valence-corrected chi connectivity index (χ2v) is 4.63. The van der Waals surface area contributed by atoms with Crippen LogP contribution in [0.15, 0.2) is 12.1 Å². The number of pyridine rings is 1. The van der Waals surface area contributed by atoms with E-state index in [4.69, 9.17) is 4.74 Å². The highest BCUT2D eigenvalue weighted by atomic mass is 16.5. The Labute approximate surface area is 108 Å². The fourth-order valence-electron chi connectivity index (χ4n) is 1.46. The maximum absolute atomic E-state index is 12.1. The Balaban J connectivity index is 2.93. The minimum absolute atomic E-state index is 0.104. The number of ketones is 1. The van der Waals surface area contributed by atoms with Gasteiger partial charge in [-0.15, -0.1) is 0 Å². The van der Waals surface area contributed by atoms with E-state index < -0.39 is 0 Å². The van der Waals surface area contributed by atoms with Crippen molar-refractivity contribution >= 4 is 11.6 Å². The molecule has 0 bridgehead atoms. The van der Waals surface area contributed by atoms with Crippen LogP contribution in [0.2, 0.25) is 0 Å². The third-order valence-electron chi connectivity index (χ3n) is 2.56. The van der Waals surface area contributed by atoms with E-state index >= 15 is 0 Å². The van der Waals surface area contributed by atoms with Gasteiger partial charge in [-0.2, -0.15) is 4.98 Å². The molecule has 0 fully saturated rings. The first-order valence-corrected chi connectivity index (χ1v) is 5.85. The highest BCUT2D eigenvalue weighted by molar-refractivity contribution is 5.97. The number of carbonyl (C=O) groups is 1. The summed E-state index contributed by atoms with van der Waals surface area (Å²) in [4.78, 5) is 20.2. The summed E-state index contributed by atoms with van der Waals surface area (Å²) in [7, 11) is 9.22. The molecule has 1 aromatic heterocycles. The zero-order valence-electron chi connectivity index (χ0n) is 11.7.